The number of carbonyl (C=O) groups is 2. The summed E-state index contributed by atoms with van der Waals surface area (Å²) in [6.07, 6.45) is 4.57. The van der Waals surface area contributed by atoms with Crippen molar-refractivity contribution < 1.29 is 22.7 Å². The second-order valence-corrected chi connectivity index (χ2v) is 16.1. The van der Waals surface area contributed by atoms with Gasteiger partial charge in [-0.15, -0.1) is 0 Å². The molecule has 3 aromatic carbocycles. The van der Waals surface area contributed by atoms with Gasteiger partial charge in [0.2, 0.25) is 0 Å². The van der Waals surface area contributed by atoms with Gasteiger partial charge in [0.25, 0.3) is 15.9 Å². The number of nitrogens with zero attached hydrogens (tertiary/aromatic N) is 4. The number of rotatable bonds is 8. The van der Waals surface area contributed by atoms with Gasteiger partial charge in [-0.2, -0.15) is 0 Å². The highest BCUT2D eigenvalue weighted by atomic mass is 32.2. The summed E-state index contributed by atoms with van der Waals surface area (Å²) in [6.45, 7) is 11.9. The van der Waals surface area contributed by atoms with Crippen molar-refractivity contribution in [3.05, 3.63) is 107 Å². The maximum atomic E-state index is 14.0. The third-order valence-electron chi connectivity index (χ3n) is 9.07. The van der Waals surface area contributed by atoms with Crippen LogP contribution < -0.4 is 0 Å². The third-order valence-corrected chi connectivity index (χ3v) is 10.7. The summed E-state index contributed by atoms with van der Waals surface area (Å²) in [6, 6.07) is 20.4. The Labute approximate surface area is 294 Å². The number of hydrogen-bond donors (Lipinski definition) is 0. The summed E-state index contributed by atoms with van der Waals surface area (Å²) >= 11 is 0. The fraction of sp³-hybridized carbons (Fsp3) is 0.325. The molecule has 0 atom stereocenters. The standard InChI is InChI=1S/C40H44N4O5S/c1-26-8-14-33(15-9-26)50(47,48)44-25-36(28-10-12-29(13-11-28)39(46)42(6)7)34-22-32(23-41-38(34)44)31-20-27(2)35-24-43(18-16-30(35)21-31)19-17-37(45)49-40(3,4)5/h8-15,20-23,25H,16-19,24H2,1-7H3. The van der Waals surface area contributed by atoms with Crippen LogP contribution in [0.25, 0.3) is 33.3 Å². The monoisotopic (exact) mass is 692 g/mol. The number of amides is 1. The van der Waals surface area contributed by atoms with Gasteiger partial charge in [-0.25, -0.2) is 17.4 Å². The molecular weight excluding hydrogens is 649 g/mol. The number of hydrogen-bond acceptors (Lipinski definition) is 7. The lowest BCUT2D eigenvalue weighted by atomic mass is 9.91. The highest BCUT2D eigenvalue weighted by molar-refractivity contribution is 7.90. The van der Waals surface area contributed by atoms with Crippen LogP contribution in [-0.4, -0.2) is 71.8 Å². The van der Waals surface area contributed by atoms with Crippen molar-refractivity contribution >= 4 is 32.9 Å². The van der Waals surface area contributed by atoms with Crippen LogP contribution in [0.1, 0.15) is 59.8 Å². The largest absolute Gasteiger partial charge is 0.460 e. The number of benzene rings is 3. The highest BCUT2D eigenvalue weighted by Gasteiger charge is 2.25. The number of aromatic nitrogens is 2. The summed E-state index contributed by atoms with van der Waals surface area (Å²) in [4.78, 5) is 33.7. The first kappa shape index (κ1) is 35.0. The van der Waals surface area contributed by atoms with Crippen LogP contribution >= 0.6 is 0 Å². The first-order valence-corrected chi connectivity index (χ1v) is 18.3. The molecule has 50 heavy (non-hydrogen) atoms. The fourth-order valence-electron chi connectivity index (χ4n) is 6.44. The molecule has 0 saturated carbocycles. The van der Waals surface area contributed by atoms with E-state index in [2.05, 4.69) is 24.0 Å². The first-order chi connectivity index (χ1) is 23.6. The predicted molar refractivity (Wildman–Crippen MR) is 197 cm³/mol. The number of ether oxygens (including phenoxy) is 1. The summed E-state index contributed by atoms with van der Waals surface area (Å²) in [5, 5.41) is 0.688. The molecule has 0 N–H and O–H groups in total. The van der Waals surface area contributed by atoms with Gasteiger partial charge in [0.05, 0.1) is 11.3 Å². The third kappa shape index (κ3) is 7.22. The van der Waals surface area contributed by atoms with Crippen molar-refractivity contribution in [1.82, 2.24) is 18.8 Å². The lowest BCUT2D eigenvalue weighted by molar-refractivity contribution is -0.155. The van der Waals surface area contributed by atoms with Crippen LogP contribution in [0.4, 0.5) is 0 Å². The van der Waals surface area contributed by atoms with Gasteiger partial charge < -0.3 is 9.64 Å². The Hall–Kier alpha value is -4.80. The molecule has 10 heteroatoms. The first-order valence-electron chi connectivity index (χ1n) is 16.8. The van der Waals surface area contributed by atoms with E-state index in [4.69, 9.17) is 9.72 Å². The van der Waals surface area contributed by atoms with E-state index in [-0.39, 0.29) is 16.8 Å². The molecule has 1 amide bonds. The van der Waals surface area contributed by atoms with E-state index < -0.39 is 15.6 Å². The minimum atomic E-state index is -3.96. The minimum Gasteiger partial charge on any atom is -0.460 e. The molecule has 0 saturated heterocycles. The van der Waals surface area contributed by atoms with E-state index in [0.717, 1.165) is 47.3 Å². The number of fused-ring (bicyclic) bond motifs is 2. The summed E-state index contributed by atoms with van der Waals surface area (Å²) < 4.78 is 34.8. The van der Waals surface area contributed by atoms with Crippen LogP contribution in [0.2, 0.25) is 0 Å². The molecule has 9 nitrogen and oxygen atoms in total. The number of carbonyl (C=O) groups excluding carboxylic acids is 2. The van der Waals surface area contributed by atoms with Crippen LogP contribution in [0, 0.1) is 13.8 Å². The Kier molecular flexibility index (Phi) is 9.45. The second kappa shape index (κ2) is 13.5. The lowest BCUT2D eigenvalue weighted by Gasteiger charge is -2.30. The normalized spacial score (nSPS) is 13.7. The van der Waals surface area contributed by atoms with E-state index in [0.29, 0.717) is 35.1 Å². The molecule has 0 fully saturated rings. The van der Waals surface area contributed by atoms with Crippen molar-refractivity contribution in [3.63, 3.8) is 0 Å². The van der Waals surface area contributed by atoms with Crippen molar-refractivity contribution in [1.29, 1.82) is 0 Å². The second-order valence-electron chi connectivity index (χ2n) is 14.3. The zero-order chi connectivity index (χ0) is 36.0. The SMILES string of the molecule is Cc1ccc(S(=O)(=O)n2cc(-c3ccc(C(=O)N(C)C)cc3)c3cc(-c4cc(C)c5c(c4)CCN(CCC(=O)OC(C)(C)C)C5)cnc32)cc1. The zero-order valence-electron chi connectivity index (χ0n) is 29.8. The Morgan fingerprint density at radius 2 is 1.62 bits per heavy atom. The van der Waals surface area contributed by atoms with Gasteiger partial charge in [-0.05, 0) is 99.2 Å². The highest BCUT2D eigenvalue weighted by Crippen LogP contribution is 2.36. The van der Waals surface area contributed by atoms with Gasteiger partial charge in [0.15, 0.2) is 5.65 Å². The summed E-state index contributed by atoms with van der Waals surface area (Å²) in [7, 11) is -0.550. The molecule has 2 aromatic heterocycles. The van der Waals surface area contributed by atoms with Gasteiger partial charge in [-0.1, -0.05) is 42.0 Å². The van der Waals surface area contributed by atoms with E-state index in [1.807, 2.05) is 45.9 Å². The molecule has 0 radical (unpaired) electrons. The zero-order valence-corrected chi connectivity index (χ0v) is 30.6. The van der Waals surface area contributed by atoms with Crippen molar-refractivity contribution in [2.24, 2.45) is 0 Å². The minimum absolute atomic E-state index is 0.112. The van der Waals surface area contributed by atoms with Crippen molar-refractivity contribution in [2.45, 2.75) is 64.5 Å². The van der Waals surface area contributed by atoms with Gasteiger partial charge in [0, 0.05) is 68.2 Å². The van der Waals surface area contributed by atoms with E-state index in [9.17, 15) is 18.0 Å². The molecule has 0 unspecified atom stereocenters. The van der Waals surface area contributed by atoms with Crippen molar-refractivity contribution in [3.8, 4) is 22.3 Å². The van der Waals surface area contributed by atoms with Crippen LogP contribution in [0.15, 0.2) is 84.0 Å². The topological polar surface area (TPSA) is 102 Å². The van der Waals surface area contributed by atoms with Gasteiger partial charge >= 0.3 is 5.97 Å². The van der Waals surface area contributed by atoms with E-state index in [1.54, 1.807) is 62.9 Å². The van der Waals surface area contributed by atoms with Crippen LogP contribution in [0.3, 0.4) is 0 Å². The maximum absolute atomic E-state index is 14.0. The Morgan fingerprint density at radius 1 is 0.920 bits per heavy atom. The molecule has 0 bridgehead atoms. The van der Waals surface area contributed by atoms with Crippen molar-refractivity contribution in [2.75, 3.05) is 27.2 Å². The Morgan fingerprint density at radius 3 is 2.28 bits per heavy atom. The summed E-state index contributed by atoms with van der Waals surface area (Å²) in [5.74, 6) is -0.296. The van der Waals surface area contributed by atoms with Crippen LogP contribution in [-0.2, 0) is 32.5 Å². The molecule has 1 aliphatic heterocycles. The number of pyridine rings is 1. The van der Waals surface area contributed by atoms with Gasteiger partial charge in [0.1, 0.15) is 5.60 Å². The summed E-state index contributed by atoms with van der Waals surface area (Å²) in [5.41, 5.74) is 8.37. The molecule has 5 aromatic rings. The molecule has 260 valence electrons. The smallest absolute Gasteiger partial charge is 0.307 e. The molecule has 1 aliphatic rings. The van der Waals surface area contributed by atoms with Gasteiger partial charge in [-0.3, -0.25) is 14.5 Å². The molecule has 0 aliphatic carbocycles. The Balaban J connectivity index is 1.37. The predicted octanol–water partition coefficient (Wildman–Crippen LogP) is 7.02. The molecule has 6 rings (SSSR count). The van der Waals surface area contributed by atoms with E-state index in [1.165, 1.54) is 20.0 Å². The molecule has 0 spiro atoms. The average molecular weight is 693 g/mol. The lowest BCUT2D eigenvalue weighted by Crippen LogP contribution is -2.34. The maximum Gasteiger partial charge on any atom is 0.307 e. The average Bonchev–Trinajstić information content (AvgIpc) is 3.46. The molecule has 3 heterocycles. The van der Waals surface area contributed by atoms with E-state index >= 15 is 0 Å². The Bertz CT molecular complexity index is 2200. The quantitative estimate of drug-likeness (QED) is 0.161. The fourth-order valence-corrected chi connectivity index (χ4v) is 7.77. The number of aryl methyl sites for hydroxylation is 2. The number of esters is 1. The molecular formula is C40H44N4O5S. The van der Waals surface area contributed by atoms with Crippen LogP contribution in [0.5, 0.6) is 0 Å².